The molecule has 0 radical (unpaired) electrons. The van der Waals surface area contributed by atoms with Crippen LogP contribution >= 0.6 is 11.6 Å². The van der Waals surface area contributed by atoms with Gasteiger partial charge in [0.05, 0.1) is 18.7 Å². The van der Waals surface area contributed by atoms with Crippen LogP contribution in [0, 0.1) is 0 Å². The molecule has 18 heavy (non-hydrogen) atoms. The summed E-state index contributed by atoms with van der Waals surface area (Å²) in [4.78, 5) is 11.1. The fraction of sp³-hybridized carbons (Fsp3) is 0.308. The number of benzene rings is 1. The van der Waals surface area contributed by atoms with Crippen molar-refractivity contribution in [1.82, 2.24) is 5.32 Å². The van der Waals surface area contributed by atoms with Gasteiger partial charge in [0.2, 0.25) is 5.91 Å². The highest BCUT2D eigenvalue weighted by molar-refractivity contribution is 6.32. The summed E-state index contributed by atoms with van der Waals surface area (Å²) in [5.74, 6) is 0.875. The van der Waals surface area contributed by atoms with Gasteiger partial charge in [0.25, 0.3) is 0 Å². The Balaban J connectivity index is 3.08. The summed E-state index contributed by atoms with van der Waals surface area (Å²) in [6, 6.07) is 3.48. The van der Waals surface area contributed by atoms with E-state index < -0.39 is 0 Å². The second kappa shape index (κ2) is 6.91. The number of amides is 1. The number of rotatable bonds is 5. The lowest BCUT2D eigenvalue weighted by molar-refractivity contribution is -0.115. The van der Waals surface area contributed by atoms with Crippen LogP contribution in [-0.2, 0) is 4.79 Å². The third-order valence-electron chi connectivity index (χ3n) is 2.21. The highest BCUT2D eigenvalue weighted by Crippen LogP contribution is 2.36. The Bertz CT molecular complexity index is 458. The minimum atomic E-state index is -0.181. The molecule has 98 valence electrons. The zero-order chi connectivity index (χ0) is 13.5. The first-order valence-corrected chi connectivity index (χ1v) is 5.90. The van der Waals surface area contributed by atoms with Gasteiger partial charge in [-0.05, 0) is 30.7 Å². The molecule has 1 amide bonds. The molecule has 0 aliphatic rings. The number of halogens is 1. The van der Waals surface area contributed by atoms with E-state index in [2.05, 4.69) is 5.32 Å². The van der Waals surface area contributed by atoms with Gasteiger partial charge in [-0.1, -0.05) is 11.6 Å². The van der Waals surface area contributed by atoms with Gasteiger partial charge in [0.1, 0.15) is 0 Å². The highest BCUT2D eigenvalue weighted by Gasteiger charge is 2.10. The smallest absolute Gasteiger partial charge is 0.243 e. The standard InChI is InChI=1S/C13H16ClNO3/c1-4-18-11-8-9(5-6-12(16)15-2)7-10(14)13(11)17-3/h5-8H,4H2,1-3H3,(H,15,16). The molecule has 0 fully saturated rings. The lowest BCUT2D eigenvalue weighted by atomic mass is 10.2. The van der Waals surface area contributed by atoms with Crippen molar-refractivity contribution in [2.45, 2.75) is 6.92 Å². The lowest BCUT2D eigenvalue weighted by Crippen LogP contribution is -2.13. The van der Waals surface area contributed by atoms with E-state index in [9.17, 15) is 4.79 Å². The summed E-state index contributed by atoms with van der Waals surface area (Å²) < 4.78 is 10.6. The number of likely N-dealkylation sites (N-methyl/N-ethyl adjacent to an activating group) is 1. The minimum Gasteiger partial charge on any atom is -0.491 e. The quantitative estimate of drug-likeness (QED) is 0.836. The van der Waals surface area contributed by atoms with Crippen molar-refractivity contribution in [3.63, 3.8) is 0 Å². The average molecular weight is 270 g/mol. The van der Waals surface area contributed by atoms with Crippen LogP contribution in [-0.4, -0.2) is 26.7 Å². The number of carbonyl (C=O) groups is 1. The molecule has 0 saturated carbocycles. The van der Waals surface area contributed by atoms with Crippen molar-refractivity contribution in [2.24, 2.45) is 0 Å². The Hall–Kier alpha value is -1.68. The predicted octanol–water partition coefficient (Wildman–Crippen LogP) is 2.51. The number of ether oxygens (including phenoxy) is 2. The van der Waals surface area contributed by atoms with Gasteiger partial charge < -0.3 is 14.8 Å². The molecule has 1 aromatic rings. The molecule has 0 aliphatic heterocycles. The summed E-state index contributed by atoms with van der Waals surface area (Å²) in [5, 5.41) is 2.94. The summed E-state index contributed by atoms with van der Waals surface area (Å²) in [5.41, 5.74) is 0.771. The molecule has 0 aliphatic carbocycles. The molecule has 0 spiro atoms. The maximum atomic E-state index is 11.1. The third-order valence-corrected chi connectivity index (χ3v) is 2.49. The Morgan fingerprint density at radius 2 is 2.22 bits per heavy atom. The first-order chi connectivity index (χ1) is 8.62. The fourth-order valence-electron chi connectivity index (χ4n) is 1.40. The first kappa shape index (κ1) is 14.4. The van der Waals surface area contributed by atoms with E-state index in [4.69, 9.17) is 21.1 Å². The van der Waals surface area contributed by atoms with Crippen LogP contribution in [0.15, 0.2) is 18.2 Å². The third kappa shape index (κ3) is 3.67. The lowest BCUT2D eigenvalue weighted by Gasteiger charge is -2.11. The second-order valence-corrected chi connectivity index (χ2v) is 3.82. The van der Waals surface area contributed by atoms with E-state index in [0.29, 0.717) is 23.1 Å². The van der Waals surface area contributed by atoms with Gasteiger partial charge in [-0.3, -0.25) is 4.79 Å². The van der Waals surface area contributed by atoms with E-state index in [1.54, 1.807) is 25.3 Å². The van der Waals surface area contributed by atoms with Gasteiger partial charge in [-0.2, -0.15) is 0 Å². The summed E-state index contributed by atoms with van der Waals surface area (Å²) in [6.07, 6.45) is 3.08. The zero-order valence-electron chi connectivity index (χ0n) is 10.6. The molecule has 1 aromatic carbocycles. The number of carbonyl (C=O) groups excluding carboxylic acids is 1. The van der Waals surface area contributed by atoms with Gasteiger partial charge in [-0.25, -0.2) is 0 Å². The van der Waals surface area contributed by atoms with Crippen molar-refractivity contribution in [3.8, 4) is 11.5 Å². The molecule has 0 heterocycles. The number of hydrogen-bond donors (Lipinski definition) is 1. The van der Waals surface area contributed by atoms with E-state index in [1.165, 1.54) is 13.2 Å². The van der Waals surface area contributed by atoms with Crippen LogP contribution in [0.3, 0.4) is 0 Å². The molecule has 1 rings (SSSR count). The van der Waals surface area contributed by atoms with Gasteiger partial charge in [0, 0.05) is 13.1 Å². The monoisotopic (exact) mass is 269 g/mol. The van der Waals surface area contributed by atoms with Gasteiger partial charge in [-0.15, -0.1) is 0 Å². The summed E-state index contributed by atoms with van der Waals surface area (Å²) >= 11 is 6.08. The van der Waals surface area contributed by atoms with Crippen molar-refractivity contribution in [3.05, 3.63) is 28.8 Å². The second-order valence-electron chi connectivity index (χ2n) is 3.41. The van der Waals surface area contributed by atoms with Gasteiger partial charge >= 0.3 is 0 Å². The minimum absolute atomic E-state index is 0.181. The zero-order valence-corrected chi connectivity index (χ0v) is 11.4. The van der Waals surface area contributed by atoms with Crippen LogP contribution in [0.4, 0.5) is 0 Å². The van der Waals surface area contributed by atoms with E-state index >= 15 is 0 Å². The molecule has 0 unspecified atom stereocenters. The van der Waals surface area contributed by atoms with Crippen LogP contribution in [0.1, 0.15) is 12.5 Å². The average Bonchev–Trinajstić information content (AvgIpc) is 2.36. The SMILES string of the molecule is CCOc1cc(C=CC(=O)NC)cc(Cl)c1OC. The Labute approximate surface area is 112 Å². The number of hydrogen-bond acceptors (Lipinski definition) is 3. The Kier molecular flexibility index (Phi) is 5.52. The van der Waals surface area contributed by atoms with Crippen LogP contribution in [0.2, 0.25) is 5.02 Å². The topological polar surface area (TPSA) is 47.6 Å². The molecule has 0 atom stereocenters. The van der Waals surface area contributed by atoms with Crippen LogP contribution in [0.5, 0.6) is 11.5 Å². The van der Waals surface area contributed by atoms with Crippen LogP contribution in [0.25, 0.3) is 6.08 Å². The normalized spacial score (nSPS) is 10.4. The number of methoxy groups -OCH3 is 1. The van der Waals surface area contributed by atoms with E-state index in [-0.39, 0.29) is 5.91 Å². The van der Waals surface area contributed by atoms with Crippen molar-refractivity contribution in [1.29, 1.82) is 0 Å². The summed E-state index contributed by atoms with van der Waals surface area (Å²) in [6.45, 7) is 2.38. The maximum Gasteiger partial charge on any atom is 0.243 e. The van der Waals surface area contributed by atoms with Crippen molar-refractivity contribution < 1.29 is 14.3 Å². The maximum absolute atomic E-state index is 11.1. The summed E-state index contributed by atoms with van der Waals surface area (Å²) in [7, 11) is 3.10. The molecule has 0 saturated heterocycles. The Morgan fingerprint density at radius 3 is 2.78 bits per heavy atom. The Morgan fingerprint density at radius 1 is 1.50 bits per heavy atom. The first-order valence-electron chi connectivity index (χ1n) is 5.52. The van der Waals surface area contributed by atoms with E-state index in [1.807, 2.05) is 6.92 Å². The molecule has 1 N–H and O–H groups in total. The molecular weight excluding hydrogens is 254 g/mol. The molecule has 0 aromatic heterocycles. The number of nitrogens with one attached hydrogen (secondary N) is 1. The predicted molar refractivity (Wildman–Crippen MR) is 72.3 cm³/mol. The molecular formula is C13H16ClNO3. The molecule has 5 heteroatoms. The van der Waals surface area contributed by atoms with E-state index in [0.717, 1.165) is 5.56 Å². The van der Waals surface area contributed by atoms with Gasteiger partial charge in [0.15, 0.2) is 11.5 Å². The molecule has 0 bridgehead atoms. The van der Waals surface area contributed by atoms with Crippen molar-refractivity contribution in [2.75, 3.05) is 20.8 Å². The highest BCUT2D eigenvalue weighted by atomic mass is 35.5. The largest absolute Gasteiger partial charge is 0.491 e. The van der Waals surface area contributed by atoms with Crippen molar-refractivity contribution >= 4 is 23.6 Å². The fourth-order valence-corrected chi connectivity index (χ4v) is 1.70. The molecule has 4 nitrogen and oxygen atoms in total. The van der Waals surface area contributed by atoms with Crippen LogP contribution < -0.4 is 14.8 Å².